The molecule has 18 heavy (non-hydrogen) atoms. The Morgan fingerprint density at radius 2 is 2.17 bits per heavy atom. The zero-order valence-corrected chi connectivity index (χ0v) is 10.6. The van der Waals surface area contributed by atoms with E-state index in [4.69, 9.17) is 11.6 Å². The van der Waals surface area contributed by atoms with E-state index < -0.39 is 17.4 Å². The van der Waals surface area contributed by atoms with E-state index in [1.54, 1.807) is 6.07 Å². The Morgan fingerprint density at radius 1 is 1.50 bits per heavy atom. The lowest BCUT2D eigenvalue weighted by Crippen LogP contribution is -2.54. The fourth-order valence-corrected chi connectivity index (χ4v) is 1.91. The second-order valence-electron chi connectivity index (χ2n) is 4.60. The summed E-state index contributed by atoms with van der Waals surface area (Å²) in [7, 11) is 0. The molecule has 1 aromatic rings. The minimum atomic E-state index is -1.22. The van der Waals surface area contributed by atoms with Gasteiger partial charge in [-0.2, -0.15) is 0 Å². The van der Waals surface area contributed by atoms with Gasteiger partial charge in [-0.15, -0.1) is 0 Å². The average Bonchev–Trinajstić information content (AvgIpc) is 3.13. The lowest BCUT2D eigenvalue weighted by atomic mass is 9.96. The first kappa shape index (κ1) is 12.8. The van der Waals surface area contributed by atoms with Gasteiger partial charge >= 0.3 is 5.97 Å². The molecular formula is C12H13ClN2O3. The van der Waals surface area contributed by atoms with E-state index in [0.29, 0.717) is 5.02 Å². The molecule has 2 N–H and O–H groups in total. The van der Waals surface area contributed by atoms with Gasteiger partial charge in [0, 0.05) is 6.20 Å². The van der Waals surface area contributed by atoms with Crippen LogP contribution in [0.1, 0.15) is 30.3 Å². The van der Waals surface area contributed by atoms with Gasteiger partial charge in [0.15, 0.2) is 0 Å². The fourth-order valence-electron chi connectivity index (χ4n) is 1.80. The summed E-state index contributed by atoms with van der Waals surface area (Å²) in [6, 6.07) is 3.01. The Balaban J connectivity index is 2.15. The topological polar surface area (TPSA) is 79.3 Å². The molecule has 1 amide bonds. The molecule has 0 spiro atoms. The number of carbonyl (C=O) groups is 2. The van der Waals surface area contributed by atoms with Crippen LogP contribution in [0.3, 0.4) is 0 Å². The normalized spacial score (nSPS) is 17.9. The number of nitrogens with one attached hydrogen (secondary N) is 1. The minimum absolute atomic E-state index is 0.00810. The van der Waals surface area contributed by atoms with Crippen LogP contribution in [0.15, 0.2) is 18.3 Å². The third kappa shape index (κ3) is 2.46. The highest BCUT2D eigenvalue weighted by Crippen LogP contribution is 2.39. The predicted molar refractivity (Wildman–Crippen MR) is 65.5 cm³/mol. The van der Waals surface area contributed by atoms with Gasteiger partial charge in [-0.1, -0.05) is 11.6 Å². The summed E-state index contributed by atoms with van der Waals surface area (Å²) in [6.45, 7) is 1.53. The molecule has 1 aromatic heterocycles. The van der Waals surface area contributed by atoms with Gasteiger partial charge in [-0.25, -0.2) is 9.78 Å². The fraction of sp³-hybridized carbons (Fsp3) is 0.417. The van der Waals surface area contributed by atoms with Crippen molar-refractivity contribution in [2.45, 2.75) is 25.3 Å². The maximum absolute atomic E-state index is 11.9. The van der Waals surface area contributed by atoms with Crippen molar-refractivity contribution < 1.29 is 14.7 Å². The van der Waals surface area contributed by atoms with E-state index in [0.717, 1.165) is 12.8 Å². The highest BCUT2D eigenvalue weighted by molar-refractivity contribution is 6.30. The van der Waals surface area contributed by atoms with E-state index in [9.17, 15) is 14.7 Å². The summed E-state index contributed by atoms with van der Waals surface area (Å²) < 4.78 is 0. The van der Waals surface area contributed by atoms with Crippen LogP contribution in [0.2, 0.25) is 5.02 Å². The first-order valence-corrected chi connectivity index (χ1v) is 5.99. The maximum Gasteiger partial charge on any atom is 0.329 e. The molecule has 1 heterocycles. The van der Waals surface area contributed by atoms with Gasteiger partial charge in [0.1, 0.15) is 11.2 Å². The first-order valence-electron chi connectivity index (χ1n) is 5.61. The maximum atomic E-state index is 11.9. The van der Waals surface area contributed by atoms with Crippen LogP contribution in [0.25, 0.3) is 0 Å². The van der Waals surface area contributed by atoms with Crippen molar-refractivity contribution in [1.29, 1.82) is 0 Å². The molecule has 96 valence electrons. The Labute approximate surface area is 109 Å². The largest absolute Gasteiger partial charge is 0.480 e. The van der Waals surface area contributed by atoms with Crippen LogP contribution in [0.5, 0.6) is 0 Å². The second kappa shape index (κ2) is 4.57. The number of amides is 1. The number of rotatable bonds is 4. The third-order valence-electron chi connectivity index (χ3n) is 3.17. The summed E-state index contributed by atoms with van der Waals surface area (Å²) >= 11 is 5.67. The summed E-state index contributed by atoms with van der Waals surface area (Å²) in [5.41, 5.74) is -1.06. The molecular weight excluding hydrogens is 256 g/mol. The highest BCUT2D eigenvalue weighted by atomic mass is 35.5. The smallest absolute Gasteiger partial charge is 0.329 e. The summed E-state index contributed by atoms with van der Waals surface area (Å²) in [6.07, 6.45) is 2.99. The van der Waals surface area contributed by atoms with Crippen LogP contribution in [-0.2, 0) is 4.79 Å². The number of halogens is 1. The molecule has 6 heteroatoms. The predicted octanol–water partition coefficient (Wildman–Crippen LogP) is 1.72. The molecule has 1 atom stereocenters. The molecule has 1 aliphatic carbocycles. The number of carbonyl (C=O) groups excluding carboxylic acids is 1. The average molecular weight is 269 g/mol. The van der Waals surface area contributed by atoms with E-state index in [2.05, 4.69) is 10.3 Å². The molecule has 1 aliphatic rings. The molecule has 0 aromatic carbocycles. The number of carboxylic acids is 1. The molecule has 1 unspecified atom stereocenters. The van der Waals surface area contributed by atoms with E-state index in [-0.39, 0.29) is 11.6 Å². The minimum Gasteiger partial charge on any atom is -0.480 e. The van der Waals surface area contributed by atoms with Crippen molar-refractivity contribution in [3.05, 3.63) is 29.0 Å². The number of carboxylic acid groups (broad SMARTS) is 1. The molecule has 0 saturated heterocycles. The molecule has 5 nitrogen and oxygen atoms in total. The van der Waals surface area contributed by atoms with Crippen molar-refractivity contribution in [3.63, 3.8) is 0 Å². The van der Waals surface area contributed by atoms with Crippen LogP contribution in [-0.4, -0.2) is 27.5 Å². The number of hydrogen-bond donors (Lipinski definition) is 2. The van der Waals surface area contributed by atoms with E-state index >= 15 is 0 Å². The van der Waals surface area contributed by atoms with Crippen molar-refractivity contribution in [2.24, 2.45) is 5.92 Å². The van der Waals surface area contributed by atoms with Crippen LogP contribution in [0, 0.1) is 5.92 Å². The summed E-state index contributed by atoms with van der Waals surface area (Å²) in [4.78, 5) is 27.1. The number of hydrogen-bond acceptors (Lipinski definition) is 3. The molecule has 1 fully saturated rings. The van der Waals surface area contributed by atoms with Gasteiger partial charge in [0.05, 0.1) is 5.02 Å². The van der Waals surface area contributed by atoms with Crippen LogP contribution >= 0.6 is 11.6 Å². The molecule has 0 radical (unpaired) electrons. The number of pyridine rings is 1. The SMILES string of the molecule is CC(NC(=O)c1ccc(Cl)cn1)(C(=O)O)C1CC1. The van der Waals surface area contributed by atoms with Crippen molar-refractivity contribution in [3.8, 4) is 0 Å². The van der Waals surface area contributed by atoms with Gasteiger partial charge in [-0.3, -0.25) is 4.79 Å². The summed E-state index contributed by atoms with van der Waals surface area (Å²) in [5, 5.41) is 12.2. The summed E-state index contributed by atoms with van der Waals surface area (Å²) in [5.74, 6) is -1.53. The zero-order chi connectivity index (χ0) is 13.3. The van der Waals surface area contributed by atoms with E-state index in [1.807, 2.05) is 0 Å². The van der Waals surface area contributed by atoms with Crippen molar-refractivity contribution in [2.75, 3.05) is 0 Å². The zero-order valence-electron chi connectivity index (χ0n) is 9.81. The van der Waals surface area contributed by atoms with Crippen molar-refractivity contribution in [1.82, 2.24) is 10.3 Å². The molecule has 0 bridgehead atoms. The number of aliphatic carboxylic acids is 1. The third-order valence-corrected chi connectivity index (χ3v) is 3.39. The Bertz CT molecular complexity index is 485. The Kier molecular flexibility index (Phi) is 3.26. The highest BCUT2D eigenvalue weighted by Gasteiger charge is 2.48. The lowest BCUT2D eigenvalue weighted by molar-refractivity contribution is -0.144. The van der Waals surface area contributed by atoms with Crippen molar-refractivity contribution >= 4 is 23.5 Å². The number of nitrogens with zero attached hydrogens (tertiary/aromatic N) is 1. The Hall–Kier alpha value is -1.62. The molecule has 2 rings (SSSR count). The Morgan fingerprint density at radius 3 is 2.61 bits per heavy atom. The van der Waals surface area contributed by atoms with Gasteiger partial charge in [-0.05, 0) is 37.8 Å². The quantitative estimate of drug-likeness (QED) is 0.871. The second-order valence-corrected chi connectivity index (χ2v) is 5.03. The first-order chi connectivity index (χ1) is 8.43. The lowest BCUT2D eigenvalue weighted by Gasteiger charge is -2.25. The van der Waals surface area contributed by atoms with Gasteiger partial charge in [0.25, 0.3) is 5.91 Å². The number of aromatic nitrogens is 1. The van der Waals surface area contributed by atoms with Gasteiger partial charge in [0.2, 0.25) is 0 Å². The van der Waals surface area contributed by atoms with Crippen LogP contribution in [0.4, 0.5) is 0 Å². The molecule has 1 saturated carbocycles. The monoisotopic (exact) mass is 268 g/mol. The molecule has 0 aliphatic heterocycles. The van der Waals surface area contributed by atoms with Crippen LogP contribution < -0.4 is 5.32 Å². The van der Waals surface area contributed by atoms with E-state index in [1.165, 1.54) is 19.2 Å². The van der Waals surface area contributed by atoms with Gasteiger partial charge < -0.3 is 10.4 Å². The standard InChI is InChI=1S/C12H13ClN2O3/c1-12(11(17)18,7-2-3-7)15-10(16)9-5-4-8(13)6-14-9/h4-7H,2-3H2,1H3,(H,15,16)(H,17,18).